The fourth-order valence-electron chi connectivity index (χ4n) is 2.78. The maximum absolute atomic E-state index is 12.6. The van der Waals surface area contributed by atoms with E-state index in [1.807, 2.05) is 30.3 Å². The van der Waals surface area contributed by atoms with Crippen molar-refractivity contribution in [3.05, 3.63) is 54.4 Å². The molecule has 0 aliphatic carbocycles. The number of hydrogen-bond donors (Lipinski definition) is 1. The summed E-state index contributed by atoms with van der Waals surface area (Å²) in [5.41, 5.74) is 2.24. The number of carboxylic acids is 1. The molecule has 1 atom stereocenters. The lowest BCUT2D eigenvalue weighted by molar-refractivity contribution is -0.141. The van der Waals surface area contributed by atoms with Gasteiger partial charge in [0, 0.05) is 24.5 Å². The Morgan fingerprint density at radius 3 is 2.64 bits per heavy atom. The molecule has 5 nitrogen and oxygen atoms in total. The van der Waals surface area contributed by atoms with Crippen LogP contribution in [0.4, 0.5) is 0 Å². The predicted octanol–water partition coefficient (Wildman–Crippen LogP) is 2.44. The molecule has 22 heavy (non-hydrogen) atoms. The second-order valence-corrected chi connectivity index (χ2v) is 5.32. The number of aromatic nitrogens is 1. The summed E-state index contributed by atoms with van der Waals surface area (Å²) in [6.07, 6.45) is 4.41. The standard InChI is InChI=1S/C17H16N2O3/c20-16(19-8-4-7-15(19)17(21)22)14-9-13(10-18-11-14)12-5-2-1-3-6-12/h1-3,5-6,9-11,15H,4,7-8H2,(H,21,22)/t15-/m0/s1. The maximum atomic E-state index is 12.6. The quantitative estimate of drug-likeness (QED) is 0.944. The average Bonchev–Trinajstić information content (AvgIpc) is 3.05. The Morgan fingerprint density at radius 2 is 1.91 bits per heavy atom. The fourth-order valence-corrected chi connectivity index (χ4v) is 2.78. The first-order chi connectivity index (χ1) is 10.7. The molecule has 5 heteroatoms. The Morgan fingerprint density at radius 1 is 1.14 bits per heavy atom. The van der Waals surface area contributed by atoms with E-state index in [9.17, 15) is 14.7 Å². The normalized spacial score (nSPS) is 17.5. The molecular formula is C17H16N2O3. The topological polar surface area (TPSA) is 70.5 Å². The van der Waals surface area contributed by atoms with Crippen LogP contribution in [0.25, 0.3) is 11.1 Å². The van der Waals surface area contributed by atoms with Crippen molar-refractivity contribution >= 4 is 11.9 Å². The van der Waals surface area contributed by atoms with Crippen LogP contribution in [0.1, 0.15) is 23.2 Å². The number of benzene rings is 1. The third kappa shape index (κ3) is 2.70. The summed E-state index contributed by atoms with van der Waals surface area (Å²) < 4.78 is 0. The van der Waals surface area contributed by atoms with E-state index in [2.05, 4.69) is 4.98 Å². The molecule has 0 spiro atoms. The summed E-state index contributed by atoms with van der Waals surface area (Å²) in [6.45, 7) is 0.478. The third-order valence-corrected chi connectivity index (χ3v) is 3.89. The van der Waals surface area contributed by atoms with Crippen molar-refractivity contribution in [1.82, 2.24) is 9.88 Å². The van der Waals surface area contributed by atoms with Crippen LogP contribution in [-0.4, -0.2) is 39.5 Å². The number of carboxylic acid groups (broad SMARTS) is 1. The van der Waals surface area contributed by atoms with Crippen LogP contribution in [0.5, 0.6) is 0 Å². The van der Waals surface area contributed by atoms with Gasteiger partial charge in [-0.25, -0.2) is 4.79 Å². The highest BCUT2D eigenvalue weighted by Crippen LogP contribution is 2.23. The van der Waals surface area contributed by atoms with E-state index in [1.165, 1.54) is 11.1 Å². The van der Waals surface area contributed by atoms with E-state index < -0.39 is 12.0 Å². The van der Waals surface area contributed by atoms with Crippen LogP contribution >= 0.6 is 0 Å². The second-order valence-electron chi connectivity index (χ2n) is 5.32. The summed E-state index contributed by atoms with van der Waals surface area (Å²) >= 11 is 0. The van der Waals surface area contributed by atoms with Crippen LogP contribution in [0.2, 0.25) is 0 Å². The third-order valence-electron chi connectivity index (χ3n) is 3.89. The van der Waals surface area contributed by atoms with Gasteiger partial charge in [0.05, 0.1) is 5.56 Å². The van der Waals surface area contributed by atoms with Gasteiger partial charge < -0.3 is 10.0 Å². The first kappa shape index (κ1) is 14.3. The number of aliphatic carboxylic acids is 1. The fraction of sp³-hybridized carbons (Fsp3) is 0.235. The molecule has 1 fully saturated rings. The SMILES string of the molecule is O=C(O)[C@@H]1CCCN1C(=O)c1cncc(-c2ccccc2)c1. The van der Waals surface area contributed by atoms with Crippen LogP contribution in [0, 0.1) is 0 Å². The first-order valence-corrected chi connectivity index (χ1v) is 7.21. The summed E-state index contributed by atoms with van der Waals surface area (Å²) in [4.78, 5) is 29.3. The second kappa shape index (κ2) is 5.97. The summed E-state index contributed by atoms with van der Waals surface area (Å²) in [5, 5.41) is 9.20. The number of nitrogens with zero attached hydrogens (tertiary/aromatic N) is 2. The van der Waals surface area contributed by atoms with Crippen LogP contribution in [0.15, 0.2) is 48.8 Å². The number of likely N-dealkylation sites (tertiary alicyclic amines) is 1. The molecule has 1 aliphatic heterocycles. The van der Waals surface area contributed by atoms with E-state index in [-0.39, 0.29) is 5.91 Å². The predicted molar refractivity (Wildman–Crippen MR) is 81.4 cm³/mol. The van der Waals surface area contributed by atoms with E-state index in [0.29, 0.717) is 24.9 Å². The smallest absolute Gasteiger partial charge is 0.326 e. The minimum Gasteiger partial charge on any atom is -0.480 e. The van der Waals surface area contributed by atoms with E-state index >= 15 is 0 Å². The van der Waals surface area contributed by atoms with Gasteiger partial charge in [-0.3, -0.25) is 9.78 Å². The maximum Gasteiger partial charge on any atom is 0.326 e. The van der Waals surface area contributed by atoms with Crippen molar-refractivity contribution in [3.63, 3.8) is 0 Å². The average molecular weight is 296 g/mol. The van der Waals surface area contributed by atoms with Gasteiger partial charge in [0.25, 0.3) is 5.91 Å². The van der Waals surface area contributed by atoms with Gasteiger partial charge in [-0.05, 0) is 24.5 Å². The molecule has 2 heterocycles. The van der Waals surface area contributed by atoms with Crippen LogP contribution in [0.3, 0.4) is 0 Å². The Bertz CT molecular complexity index is 700. The van der Waals surface area contributed by atoms with Gasteiger partial charge in [-0.1, -0.05) is 30.3 Å². The van der Waals surface area contributed by atoms with Gasteiger partial charge in [0.15, 0.2) is 0 Å². The van der Waals surface area contributed by atoms with Crippen molar-refractivity contribution in [1.29, 1.82) is 0 Å². The van der Waals surface area contributed by atoms with Gasteiger partial charge >= 0.3 is 5.97 Å². The number of carbonyl (C=O) groups is 2. The number of carbonyl (C=O) groups excluding carboxylic acids is 1. The summed E-state index contributed by atoms with van der Waals surface area (Å²) in [6, 6.07) is 10.7. The van der Waals surface area contributed by atoms with Crippen molar-refractivity contribution in [2.45, 2.75) is 18.9 Å². The van der Waals surface area contributed by atoms with Crippen molar-refractivity contribution < 1.29 is 14.7 Å². The van der Waals surface area contributed by atoms with Crippen molar-refractivity contribution in [3.8, 4) is 11.1 Å². The molecule has 1 saturated heterocycles. The summed E-state index contributed by atoms with van der Waals surface area (Å²) in [5.74, 6) is -1.21. The van der Waals surface area contributed by atoms with Gasteiger partial charge in [0.1, 0.15) is 6.04 Å². The molecule has 1 aliphatic rings. The molecule has 2 aromatic rings. The van der Waals surface area contributed by atoms with Gasteiger partial charge in [0.2, 0.25) is 0 Å². The van der Waals surface area contributed by atoms with Gasteiger partial charge in [-0.15, -0.1) is 0 Å². The highest BCUT2D eigenvalue weighted by molar-refractivity contribution is 5.97. The monoisotopic (exact) mass is 296 g/mol. The molecule has 0 bridgehead atoms. The molecule has 1 amide bonds. The highest BCUT2D eigenvalue weighted by Gasteiger charge is 2.34. The molecule has 1 aromatic heterocycles. The largest absolute Gasteiger partial charge is 0.480 e. The minimum absolute atomic E-state index is 0.268. The Hall–Kier alpha value is -2.69. The molecule has 1 aromatic carbocycles. The van der Waals surface area contributed by atoms with Crippen molar-refractivity contribution in [2.75, 3.05) is 6.54 Å². The zero-order valence-electron chi connectivity index (χ0n) is 12.0. The zero-order chi connectivity index (χ0) is 15.5. The van der Waals surface area contributed by atoms with Gasteiger partial charge in [-0.2, -0.15) is 0 Å². The lowest BCUT2D eigenvalue weighted by atomic mass is 10.1. The van der Waals surface area contributed by atoms with Crippen LogP contribution in [-0.2, 0) is 4.79 Å². The molecule has 3 rings (SSSR count). The number of rotatable bonds is 3. The molecule has 0 unspecified atom stereocenters. The lowest BCUT2D eigenvalue weighted by Crippen LogP contribution is -2.40. The molecular weight excluding hydrogens is 280 g/mol. The van der Waals surface area contributed by atoms with Crippen LogP contribution < -0.4 is 0 Å². The first-order valence-electron chi connectivity index (χ1n) is 7.21. The summed E-state index contributed by atoms with van der Waals surface area (Å²) in [7, 11) is 0. The Kier molecular flexibility index (Phi) is 3.87. The lowest BCUT2D eigenvalue weighted by Gasteiger charge is -2.21. The molecule has 112 valence electrons. The number of amides is 1. The Balaban J connectivity index is 1.89. The van der Waals surface area contributed by atoms with E-state index in [0.717, 1.165) is 11.1 Å². The molecule has 1 N–H and O–H groups in total. The molecule has 0 radical (unpaired) electrons. The highest BCUT2D eigenvalue weighted by atomic mass is 16.4. The van der Waals surface area contributed by atoms with E-state index in [1.54, 1.807) is 12.3 Å². The number of hydrogen-bond acceptors (Lipinski definition) is 3. The Labute approximate surface area is 128 Å². The van der Waals surface area contributed by atoms with Crippen molar-refractivity contribution in [2.24, 2.45) is 0 Å². The minimum atomic E-state index is -0.946. The van der Waals surface area contributed by atoms with E-state index in [4.69, 9.17) is 0 Å². The molecule has 0 saturated carbocycles. The number of pyridine rings is 1. The zero-order valence-corrected chi connectivity index (χ0v) is 12.0.